The molecule has 0 aromatic rings. The average molecular weight is 311 g/mol. The van der Waals surface area contributed by atoms with Crippen molar-refractivity contribution in [2.24, 2.45) is 5.41 Å². The van der Waals surface area contributed by atoms with Gasteiger partial charge in [-0.25, -0.2) is 0 Å². The second-order valence-corrected chi connectivity index (χ2v) is 12.3. The van der Waals surface area contributed by atoms with Crippen LogP contribution >= 0.6 is 0 Å². The van der Waals surface area contributed by atoms with E-state index in [4.69, 9.17) is 9.16 Å². The third-order valence-corrected chi connectivity index (χ3v) is 9.57. The summed E-state index contributed by atoms with van der Waals surface area (Å²) >= 11 is 0. The van der Waals surface area contributed by atoms with E-state index in [1.54, 1.807) is 13.4 Å². The largest absolute Gasteiger partial charge is 0.504 e. The van der Waals surface area contributed by atoms with E-state index in [-0.39, 0.29) is 16.9 Å². The minimum Gasteiger partial charge on any atom is -0.504 e. The monoisotopic (exact) mass is 310 g/mol. The average Bonchev–Trinajstić information content (AvgIpc) is 2.36. The number of hydrogen-bond donors (Lipinski definition) is 0. The van der Waals surface area contributed by atoms with E-state index >= 15 is 0 Å². The molecule has 0 heterocycles. The van der Waals surface area contributed by atoms with Crippen LogP contribution < -0.4 is 0 Å². The smallest absolute Gasteiger partial charge is 0.192 e. The lowest BCUT2D eigenvalue weighted by atomic mass is 9.69. The highest BCUT2D eigenvalue weighted by Gasteiger charge is 2.48. The van der Waals surface area contributed by atoms with Crippen LogP contribution in [0.1, 0.15) is 40.5 Å². The molecule has 0 aromatic carbocycles. The Kier molecular flexibility index (Phi) is 5.27. The third-order valence-electron chi connectivity index (χ3n) is 5.09. The lowest BCUT2D eigenvalue weighted by Crippen LogP contribution is -2.51. The number of ketones is 1. The molecule has 0 N–H and O–H groups in total. The number of methoxy groups -OCH3 is 1. The van der Waals surface area contributed by atoms with E-state index in [1.807, 2.05) is 13.0 Å². The molecule has 1 aliphatic carbocycles. The highest BCUT2D eigenvalue weighted by Crippen LogP contribution is 2.46. The molecular weight excluding hydrogens is 280 g/mol. The molecule has 4 heteroatoms. The molecule has 0 saturated heterocycles. The predicted octanol–water partition coefficient (Wildman–Crippen LogP) is 4.46. The van der Waals surface area contributed by atoms with Crippen molar-refractivity contribution in [1.29, 1.82) is 0 Å². The molecule has 1 rings (SSSR count). The first-order valence-electron chi connectivity index (χ1n) is 7.57. The number of carbonyl (C=O) groups is 1. The second kappa shape index (κ2) is 6.09. The van der Waals surface area contributed by atoms with Gasteiger partial charge in [0.2, 0.25) is 0 Å². The lowest BCUT2D eigenvalue weighted by molar-refractivity contribution is -0.120. The molecule has 0 spiro atoms. The number of rotatable bonds is 4. The summed E-state index contributed by atoms with van der Waals surface area (Å²) < 4.78 is 11.7. The molecule has 120 valence electrons. The van der Waals surface area contributed by atoms with E-state index in [1.165, 1.54) is 0 Å². The van der Waals surface area contributed by atoms with Crippen LogP contribution in [-0.4, -0.2) is 27.3 Å². The first-order valence-corrected chi connectivity index (χ1v) is 10.5. The summed E-state index contributed by atoms with van der Waals surface area (Å²) in [4.78, 5) is 12.2. The molecule has 1 saturated carbocycles. The number of carbonyl (C=O) groups excluding carboxylic acids is 1. The fourth-order valence-electron chi connectivity index (χ4n) is 2.44. The van der Waals surface area contributed by atoms with Gasteiger partial charge in [0.1, 0.15) is 0 Å². The normalized spacial score (nSPS) is 29.6. The SMILES string of the molecule is C=C[C@@]1(C)/C(=C/OC)C(=O)CC[C@@H]1O[Si](C)(C)C(C)(C)C. The Hall–Kier alpha value is -0.873. The van der Waals surface area contributed by atoms with Gasteiger partial charge in [-0.2, -0.15) is 0 Å². The molecule has 0 aromatic heterocycles. The quantitative estimate of drug-likeness (QED) is 0.333. The van der Waals surface area contributed by atoms with Gasteiger partial charge >= 0.3 is 0 Å². The minimum absolute atomic E-state index is 0.0185. The molecule has 3 nitrogen and oxygen atoms in total. The summed E-state index contributed by atoms with van der Waals surface area (Å²) in [5, 5.41) is 0.141. The van der Waals surface area contributed by atoms with E-state index in [9.17, 15) is 4.79 Å². The van der Waals surface area contributed by atoms with Crippen molar-refractivity contribution in [1.82, 2.24) is 0 Å². The van der Waals surface area contributed by atoms with Gasteiger partial charge in [0, 0.05) is 17.4 Å². The van der Waals surface area contributed by atoms with Gasteiger partial charge in [-0.05, 0) is 31.5 Å². The Morgan fingerprint density at radius 3 is 2.38 bits per heavy atom. The predicted molar refractivity (Wildman–Crippen MR) is 89.7 cm³/mol. The minimum atomic E-state index is -1.90. The number of ether oxygens (including phenoxy) is 1. The van der Waals surface area contributed by atoms with Crippen molar-refractivity contribution in [2.45, 2.75) is 64.8 Å². The molecule has 2 atom stereocenters. The zero-order chi connectivity index (χ0) is 16.5. The van der Waals surface area contributed by atoms with Crippen LogP contribution in [0.25, 0.3) is 0 Å². The molecule has 0 aliphatic heterocycles. The standard InChI is InChI=1S/C17H30O3Si/c1-9-17(5)13(12-19-6)14(18)10-11-15(17)20-21(7,8)16(2,3)4/h9,12,15H,1,10-11H2,2-8H3/b13-12+/t15-,17-/m0/s1. The maximum absolute atomic E-state index is 12.2. The molecule has 1 fully saturated rings. The van der Waals surface area contributed by atoms with Crippen LogP contribution in [0.2, 0.25) is 18.1 Å². The summed E-state index contributed by atoms with van der Waals surface area (Å²) in [5.41, 5.74) is 0.191. The first kappa shape index (κ1) is 18.2. The fraction of sp³-hybridized carbons (Fsp3) is 0.706. The van der Waals surface area contributed by atoms with Gasteiger partial charge in [0.25, 0.3) is 0 Å². The summed E-state index contributed by atoms with van der Waals surface area (Å²) in [7, 11) is -0.328. The zero-order valence-electron chi connectivity index (χ0n) is 14.6. The molecule has 1 aliphatic rings. The van der Waals surface area contributed by atoms with Crippen molar-refractivity contribution in [2.75, 3.05) is 7.11 Å². The van der Waals surface area contributed by atoms with Gasteiger partial charge in [-0.1, -0.05) is 26.8 Å². The van der Waals surface area contributed by atoms with Crippen LogP contribution in [0.5, 0.6) is 0 Å². The topological polar surface area (TPSA) is 35.5 Å². The van der Waals surface area contributed by atoms with Crippen molar-refractivity contribution in [3.63, 3.8) is 0 Å². The van der Waals surface area contributed by atoms with E-state index in [2.05, 4.69) is 40.4 Å². The van der Waals surface area contributed by atoms with E-state index in [0.717, 1.165) is 6.42 Å². The Balaban J connectivity index is 3.16. The summed E-state index contributed by atoms with van der Waals surface area (Å²) in [6.07, 6.45) is 4.64. The molecule has 21 heavy (non-hydrogen) atoms. The van der Waals surface area contributed by atoms with Crippen molar-refractivity contribution < 1.29 is 14.0 Å². The molecular formula is C17H30O3Si. The summed E-state index contributed by atoms with van der Waals surface area (Å²) in [6.45, 7) is 17.1. The maximum Gasteiger partial charge on any atom is 0.192 e. The van der Waals surface area contributed by atoms with Gasteiger partial charge < -0.3 is 9.16 Å². The highest BCUT2D eigenvalue weighted by molar-refractivity contribution is 6.74. The van der Waals surface area contributed by atoms with E-state index < -0.39 is 13.7 Å². The molecule has 0 radical (unpaired) electrons. The Bertz CT molecular complexity index is 445. The Labute approximate surface area is 130 Å². The first-order chi connectivity index (χ1) is 9.49. The number of hydrogen-bond acceptors (Lipinski definition) is 3. The van der Waals surface area contributed by atoms with Crippen LogP contribution in [0.4, 0.5) is 0 Å². The maximum atomic E-state index is 12.2. The Morgan fingerprint density at radius 2 is 1.95 bits per heavy atom. The van der Waals surface area contributed by atoms with Crippen molar-refractivity contribution in [3.8, 4) is 0 Å². The van der Waals surface area contributed by atoms with Gasteiger partial charge in [-0.15, -0.1) is 6.58 Å². The molecule has 0 amide bonds. The molecule has 0 unspecified atom stereocenters. The lowest BCUT2D eigenvalue weighted by Gasteiger charge is -2.47. The fourth-order valence-corrected chi connectivity index (χ4v) is 3.86. The summed E-state index contributed by atoms with van der Waals surface area (Å²) in [5.74, 6) is 0.134. The van der Waals surface area contributed by atoms with Crippen molar-refractivity contribution in [3.05, 3.63) is 24.5 Å². The molecule has 0 bridgehead atoms. The Morgan fingerprint density at radius 1 is 1.38 bits per heavy atom. The zero-order valence-corrected chi connectivity index (χ0v) is 15.6. The summed E-state index contributed by atoms with van der Waals surface area (Å²) in [6, 6.07) is 0. The van der Waals surface area contributed by atoms with Crippen molar-refractivity contribution >= 4 is 14.1 Å². The van der Waals surface area contributed by atoms with Crippen LogP contribution in [-0.2, 0) is 14.0 Å². The second-order valence-electron chi connectivity index (χ2n) is 7.58. The van der Waals surface area contributed by atoms with E-state index in [0.29, 0.717) is 12.0 Å². The van der Waals surface area contributed by atoms with Gasteiger partial charge in [0.15, 0.2) is 14.1 Å². The van der Waals surface area contributed by atoms with Crippen LogP contribution in [0.3, 0.4) is 0 Å². The van der Waals surface area contributed by atoms with Gasteiger partial charge in [0.05, 0.1) is 19.5 Å². The van der Waals surface area contributed by atoms with Crippen LogP contribution in [0.15, 0.2) is 24.5 Å². The highest BCUT2D eigenvalue weighted by atomic mass is 28.4. The van der Waals surface area contributed by atoms with Gasteiger partial charge in [-0.3, -0.25) is 4.79 Å². The third kappa shape index (κ3) is 3.48. The number of Topliss-reactive ketones (excluding diaryl/α,β-unsaturated/α-hetero) is 1. The van der Waals surface area contributed by atoms with Crippen LogP contribution in [0, 0.1) is 5.41 Å².